The van der Waals surface area contributed by atoms with Gasteiger partial charge in [-0.1, -0.05) is 42.1 Å². The molecule has 0 atom stereocenters. The quantitative estimate of drug-likeness (QED) is 0.593. The zero-order chi connectivity index (χ0) is 17.6. The zero-order valence-electron chi connectivity index (χ0n) is 14.4. The van der Waals surface area contributed by atoms with E-state index >= 15 is 0 Å². The Morgan fingerprint density at radius 1 is 1.08 bits per heavy atom. The van der Waals surface area contributed by atoms with Gasteiger partial charge in [-0.2, -0.15) is 0 Å². The molecule has 130 valence electrons. The van der Waals surface area contributed by atoms with Gasteiger partial charge >= 0.3 is 0 Å². The molecule has 5 nitrogen and oxygen atoms in total. The minimum atomic E-state index is 0.159. The minimum Gasteiger partial charge on any atom is -0.411 e. The lowest BCUT2D eigenvalue weighted by molar-refractivity contribution is -0.130. The summed E-state index contributed by atoms with van der Waals surface area (Å²) in [5.41, 5.74) is 0.900. The standard InChI is InChI=1S/C19H21N3O2S/c1-3-22(4-2)17(23)11-12-25-19-21-20-18(24-19)16-10-9-14-7-5-6-8-15(14)13-16/h5-10,13H,3-4,11-12H2,1-2H3. The number of nitrogens with zero attached hydrogens (tertiary/aromatic N) is 3. The van der Waals surface area contributed by atoms with Gasteiger partial charge in [0.1, 0.15) is 0 Å². The first kappa shape index (κ1) is 17.5. The van der Waals surface area contributed by atoms with Crippen LogP contribution in [0.3, 0.4) is 0 Å². The van der Waals surface area contributed by atoms with Gasteiger partial charge in [-0.15, -0.1) is 10.2 Å². The highest BCUT2D eigenvalue weighted by Crippen LogP contribution is 2.26. The van der Waals surface area contributed by atoms with E-state index in [9.17, 15) is 4.79 Å². The Balaban J connectivity index is 1.63. The first-order chi connectivity index (χ1) is 12.2. The molecule has 25 heavy (non-hydrogen) atoms. The molecule has 0 radical (unpaired) electrons. The van der Waals surface area contributed by atoms with Crippen molar-refractivity contribution in [1.82, 2.24) is 15.1 Å². The smallest absolute Gasteiger partial charge is 0.276 e. The van der Waals surface area contributed by atoms with Gasteiger partial charge in [0.2, 0.25) is 11.8 Å². The number of amides is 1. The summed E-state index contributed by atoms with van der Waals surface area (Å²) in [5.74, 6) is 1.30. The summed E-state index contributed by atoms with van der Waals surface area (Å²) in [4.78, 5) is 13.8. The van der Waals surface area contributed by atoms with Crippen LogP contribution >= 0.6 is 11.8 Å². The van der Waals surface area contributed by atoms with Gasteiger partial charge in [-0.25, -0.2) is 0 Å². The van der Waals surface area contributed by atoms with Gasteiger partial charge in [-0.3, -0.25) is 4.79 Å². The highest BCUT2D eigenvalue weighted by atomic mass is 32.2. The van der Waals surface area contributed by atoms with Crippen molar-refractivity contribution < 1.29 is 9.21 Å². The lowest BCUT2D eigenvalue weighted by Crippen LogP contribution is -2.30. The van der Waals surface area contributed by atoms with E-state index in [-0.39, 0.29) is 5.91 Å². The molecular formula is C19H21N3O2S. The topological polar surface area (TPSA) is 59.2 Å². The molecule has 0 fully saturated rings. The molecule has 3 aromatic rings. The maximum absolute atomic E-state index is 12.0. The molecule has 1 amide bonds. The minimum absolute atomic E-state index is 0.159. The van der Waals surface area contributed by atoms with Crippen molar-refractivity contribution in [2.75, 3.05) is 18.8 Å². The number of thioether (sulfide) groups is 1. The second-order valence-corrected chi connectivity index (χ2v) is 6.65. The number of hydrogen-bond acceptors (Lipinski definition) is 5. The fourth-order valence-electron chi connectivity index (χ4n) is 2.67. The number of carbonyl (C=O) groups excluding carboxylic acids is 1. The monoisotopic (exact) mass is 355 g/mol. The number of hydrogen-bond donors (Lipinski definition) is 0. The summed E-state index contributed by atoms with van der Waals surface area (Å²) in [6.07, 6.45) is 0.472. The third-order valence-electron chi connectivity index (χ3n) is 4.06. The molecule has 1 aromatic heterocycles. The molecule has 0 N–H and O–H groups in total. The number of aromatic nitrogens is 2. The van der Waals surface area contributed by atoms with Crippen LogP contribution in [0.1, 0.15) is 20.3 Å². The van der Waals surface area contributed by atoms with E-state index in [0.29, 0.717) is 23.3 Å². The molecule has 1 heterocycles. The van der Waals surface area contributed by atoms with Crippen LogP contribution in [0.15, 0.2) is 52.1 Å². The number of carbonyl (C=O) groups is 1. The summed E-state index contributed by atoms with van der Waals surface area (Å²) in [5, 5.41) is 11.0. The average molecular weight is 355 g/mol. The summed E-state index contributed by atoms with van der Waals surface area (Å²) in [7, 11) is 0. The molecular weight excluding hydrogens is 334 g/mol. The van der Waals surface area contributed by atoms with Gasteiger partial charge in [0.25, 0.3) is 5.22 Å². The van der Waals surface area contributed by atoms with E-state index in [1.54, 1.807) is 0 Å². The second kappa shape index (κ2) is 8.16. The fourth-order valence-corrected chi connectivity index (χ4v) is 3.35. The Bertz CT molecular complexity index is 859. The largest absolute Gasteiger partial charge is 0.411 e. The van der Waals surface area contributed by atoms with Crippen molar-refractivity contribution in [3.63, 3.8) is 0 Å². The van der Waals surface area contributed by atoms with E-state index in [2.05, 4.69) is 22.3 Å². The molecule has 0 aliphatic rings. The maximum Gasteiger partial charge on any atom is 0.276 e. The molecule has 0 bridgehead atoms. The predicted molar refractivity (Wildman–Crippen MR) is 101 cm³/mol. The molecule has 6 heteroatoms. The lowest BCUT2D eigenvalue weighted by Gasteiger charge is -2.17. The first-order valence-electron chi connectivity index (χ1n) is 8.44. The number of benzene rings is 2. The van der Waals surface area contributed by atoms with Gasteiger partial charge in [-0.05, 0) is 36.8 Å². The maximum atomic E-state index is 12.0. The van der Waals surface area contributed by atoms with Crippen molar-refractivity contribution in [2.45, 2.75) is 25.5 Å². The van der Waals surface area contributed by atoms with E-state index in [4.69, 9.17) is 4.42 Å². The summed E-state index contributed by atoms with van der Waals surface area (Å²) < 4.78 is 5.73. The normalized spacial score (nSPS) is 11.0. The van der Waals surface area contributed by atoms with Crippen LogP contribution in [0.5, 0.6) is 0 Å². The van der Waals surface area contributed by atoms with Crippen molar-refractivity contribution in [3.8, 4) is 11.5 Å². The van der Waals surface area contributed by atoms with Crippen LogP contribution in [-0.2, 0) is 4.79 Å². The van der Waals surface area contributed by atoms with Crippen LogP contribution in [0.2, 0.25) is 0 Å². The highest BCUT2D eigenvalue weighted by Gasteiger charge is 2.12. The molecule has 3 rings (SSSR count). The molecule has 2 aromatic carbocycles. The molecule has 0 aliphatic carbocycles. The lowest BCUT2D eigenvalue weighted by atomic mass is 10.1. The Hall–Kier alpha value is -2.34. The Kier molecular flexibility index (Phi) is 5.71. The van der Waals surface area contributed by atoms with Crippen molar-refractivity contribution in [1.29, 1.82) is 0 Å². The van der Waals surface area contributed by atoms with Crippen LogP contribution in [0, 0.1) is 0 Å². The molecule has 0 aliphatic heterocycles. The van der Waals surface area contributed by atoms with E-state index in [0.717, 1.165) is 24.0 Å². The van der Waals surface area contributed by atoms with Gasteiger partial charge < -0.3 is 9.32 Å². The molecule has 0 spiro atoms. The average Bonchev–Trinajstić information content (AvgIpc) is 3.11. The van der Waals surface area contributed by atoms with Crippen LogP contribution in [0.4, 0.5) is 0 Å². The number of rotatable bonds is 7. The Morgan fingerprint density at radius 3 is 2.60 bits per heavy atom. The SMILES string of the molecule is CCN(CC)C(=O)CCSc1nnc(-c2ccc3ccccc3c2)o1. The zero-order valence-corrected chi connectivity index (χ0v) is 15.3. The van der Waals surface area contributed by atoms with Gasteiger partial charge in [0, 0.05) is 30.8 Å². The molecule has 0 saturated heterocycles. The number of fused-ring (bicyclic) bond motifs is 1. The van der Waals surface area contributed by atoms with E-state index in [1.807, 2.05) is 49.1 Å². The van der Waals surface area contributed by atoms with Gasteiger partial charge in [0.05, 0.1) is 0 Å². The molecule has 0 unspecified atom stereocenters. The van der Waals surface area contributed by atoms with Crippen LogP contribution < -0.4 is 0 Å². The van der Waals surface area contributed by atoms with Crippen molar-refractivity contribution in [3.05, 3.63) is 42.5 Å². The third-order valence-corrected chi connectivity index (χ3v) is 4.88. The van der Waals surface area contributed by atoms with Crippen molar-refractivity contribution >= 4 is 28.4 Å². The van der Waals surface area contributed by atoms with Crippen LogP contribution in [0.25, 0.3) is 22.2 Å². The summed E-state index contributed by atoms with van der Waals surface area (Å²) in [6.45, 7) is 5.46. The molecule has 0 saturated carbocycles. The summed E-state index contributed by atoms with van der Waals surface area (Å²) >= 11 is 1.42. The van der Waals surface area contributed by atoms with Crippen LogP contribution in [-0.4, -0.2) is 39.8 Å². The predicted octanol–water partition coefficient (Wildman–Crippen LogP) is 4.24. The second-order valence-electron chi connectivity index (χ2n) is 5.60. The fraction of sp³-hybridized carbons (Fsp3) is 0.316. The van der Waals surface area contributed by atoms with E-state index in [1.165, 1.54) is 17.1 Å². The Labute approximate surface area is 151 Å². The van der Waals surface area contributed by atoms with E-state index < -0.39 is 0 Å². The van der Waals surface area contributed by atoms with Crippen molar-refractivity contribution in [2.24, 2.45) is 0 Å². The first-order valence-corrected chi connectivity index (χ1v) is 9.43. The highest BCUT2D eigenvalue weighted by molar-refractivity contribution is 7.99. The summed E-state index contributed by atoms with van der Waals surface area (Å²) in [6, 6.07) is 14.2. The van der Waals surface area contributed by atoms with Gasteiger partial charge in [0.15, 0.2) is 0 Å². The Morgan fingerprint density at radius 2 is 1.84 bits per heavy atom. The third kappa shape index (κ3) is 4.20.